The quantitative estimate of drug-likeness (QED) is 0.610. The molecule has 0 saturated carbocycles. The van der Waals surface area contributed by atoms with Crippen LogP contribution in [0.2, 0.25) is 0 Å². The molecule has 0 bridgehead atoms. The number of aryl methyl sites for hydroxylation is 2. The van der Waals surface area contributed by atoms with E-state index in [1.807, 2.05) is 13.1 Å². The van der Waals surface area contributed by atoms with Crippen LogP contribution in [0.3, 0.4) is 0 Å². The summed E-state index contributed by atoms with van der Waals surface area (Å²) in [5, 5.41) is 0. The Labute approximate surface area is 66.9 Å². The van der Waals surface area contributed by atoms with Gasteiger partial charge >= 0.3 is 0 Å². The average molecular weight is 153 g/mol. The van der Waals surface area contributed by atoms with Crippen molar-refractivity contribution in [2.24, 2.45) is 0 Å². The van der Waals surface area contributed by atoms with Gasteiger partial charge in [-0.25, -0.2) is 0 Å². The molecule has 54 valence electrons. The summed E-state index contributed by atoms with van der Waals surface area (Å²) in [4.78, 5) is 4.15. The maximum atomic E-state index is 4.20. The molecule has 0 saturated heterocycles. The van der Waals surface area contributed by atoms with Crippen molar-refractivity contribution in [3.63, 3.8) is 0 Å². The molecule has 0 radical (unpaired) electrons. The van der Waals surface area contributed by atoms with Crippen molar-refractivity contribution in [3.8, 4) is 0 Å². The van der Waals surface area contributed by atoms with Crippen LogP contribution in [0.4, 0.5) is 0 Å². The van der Waals surface area contributed by atoms with Gasteiger partial charge in [0.15, 0.2) is 0 Å². The summed E-state index contributed by atoms with van der Waals surface area (Å²) in [6.45, 7) is 4.05. The Morgan fingerprint density at radius 2 is 2.20 bits per heavy atom. The van der Waals surface area contributed by atoms with Crippen molar-refractivity contribution in [1.29, 1.82) is 0 Å². The average Bonchev–Trinajstić information content (AvgIpc) is 1.94. The van der Waals surface area contributed by atoms with Crippen LogP contribution in [0, 0.1) is 13.8 Å². The maximum Gasteiger partial charge on any atom is 0.0375 e. The Bertz CT molecular complexity index is 233. The third-order valence-corrected chi connectivity index (χ3v) is 1.86. The van der Waals surface area contributed by atoms with E-state index < -0.39 is 0 Å². The summed E-state index contributed by atoms with van der Waals surface area (Å²) >= 11 is 4.20. The van der Waals surface area contributed by atoms with E-state index in [0.29, 0.717) is 0 Å². The zero-order valence-corrected chi connectivity index (χ0v) is 7.15. The van der Waals surface area contributed by atoms with Gasteiger partial charge in [-0.05, 0) is 31.0 Å². The van der Waals surface area contributed by atoms with Crippen molar-refractivity contribution in [3.05, 3.63) is 29.1 Å². The first-order valence-electron chi connectivity index (χ1n) is 3.27. The van der Waals surface area contributed by atoms with E-state index >= 15 is 0 Å². The van der Waals surface area contributed by atoms with Gasteiger partial charge in [-0.1, -0.05) is 0 Å². The zero-order chi connectivity index (χ0) is 7.56. The fraction of sp³-hybridized carbons (Fsp3) is 0.375. The third kappa shape index (κ3) is 1.51. The Kier molecular flexibility index (Phi) is 2.33. The topological polar surface area (TPSA) is 12.9 Å². The summed E-state index contributed by atoms with van der Waals surface area (Å²) < 4.78 is 0. The lowest BCUT2D eigenvalue weighted by Crippen LogP contribution is -1.88. The summed E-state index contributed by atoms with van der Waals surface area (Å²) in [6.07, 6.45) is 1.89. The summed E-state index contributed by atoms with van der Waals surface area (Å²) in [6, 6.07) is 2.07. The van der Waals surface area contributed by atoms with E-state index in [0.717, 1.165) is 11.4 Å². The number of nitrogens with zero attached hydrogens (tertiary/aromatic N) is 1. The minimum Gasteiger partial charge on any atom is -0.261 e. The molecule has 0 aliphatic carbocycles. The van der Waals surface area contributed by atoms with Crippen molar-refractivity contribution in [1.82, 2.24) is 4.98 Å². The van der Waals surface area contributed by atoms with Crippen LogP contribution < -0.4 is 0 Å². The minimum atomic E-state index is 0.801. The Hall–Kier alpha value is -0.500. The molecule has 0 N–H and O–H groups in total. The van der Waals surface area contributed by atoms with Gasteiger partial charge in [-0.2, -0.15) is 12.6 Å². The van der Waals surface area contributed by atoms with E-state index in [4.69, 9.17) is 0 Å². The number of rotatable bonds is 1. The summed E-state index contributed by atoms with van der Waals surface area (Å²) in [5.41, 5.74) is 3.56. The van der Waals surface area contributed by atoms with Gasteiger partial charge in [0.25, 0.3) is 0 Å². The molecular formula is C8H11NS. The van der Waals surface area contributed by atoms with Crippen LogP contribution in [0.25, 0.3) is 0 Å². The lowest BCUT2D eigenvalue weighted by molar-refractivity contribution is 1.13. The third-order valence-electron chi connectivity index (χ3n) is 1.52. The molecule has 0 aromatic carbocycles. The van der Waals surface area contributed by atoms with Crippen molar-refractivity contribution in [2.45, 2.75) is 19.6 Å². The molecule has 0 amide bonds. The Morgan fingerprint density at radius 3 is 2.70 bits per heavy atom. The maximum absolute atomic E-state index is 4.20. The van der Waals surface area contributed by atoms with Crippen LogP contribution in [-0.2, 0) is 5.75 Å². The normalized spacial score (nSPS) is 9.90. The second-order valence-electron chi connectivity index (χ2n) is 2.41. The predicted octanol–water partition coefficient (Wildman–Crippen LogP) is 2.13. The molecule has 2 heteroatoms. The molecular weight excluding hydrogens is 142 g/mol. The number of pyridine rings is 1. The van der Waals surface area contributed by atoms with Crippen LogP contribution in [0.15, 0.2) is 12.3 Å². The largest absolute Gasteiger partial charge is 0.261 e. The van der Waals surface area contributed by atoms with Gasteiger partial charge < -0.3 is 0 Å². The Balaban J connectivity index is 3.09. The van der Waals surface area contributed by atoms with E-state index in [9.17, 15) is 0 Å². The monoisotopic (exact) mass is 153 g/mol. The van der Waals surface area contributed by atoms with Crippen molar-refractivity contribution >= 4 is 12.6 Å². The molecule has 0 atom stereocenters. The first-order valence-corrected chi connectivity index (χ1v) is 3.90. The van der Waals surface area contributed by atoms with Crippen LogP contribution in [0.5, 0.6) is 0 Å². The van der Waals surface area contributed by atoms with E-state index in [1.165, 1.54) is 11.1 Å². The van der Waals surface area contributed by atoms with Crippen LogP contribution >= 0.6 is 12.6 Å². The molecule has 1 rings (SSSR count). The van der Waals surface area contributed by atoms with Gasteiger partial charge in [0.05, 0.1) is 0 Å². The van der Waals surface area contributed by atoms with E-state index in [-0.39, 0.29) is 0 Å². The highest BCUT2D eigenvalue weighted by Crippen LogP contribution is 2.09. The Morgan fingerprint density at radius 1 is 1.50 bits per heavy atom. The molecule has 0 aliphatic heterocycles. The van der Waals surface area contributed by atoms with Gasteiger partial charge in [-0.15, -0.1) is 0 Å². The minimum absolute atomic E-state index is 0.801. The fourth-order valence-corrected chi connectivity index (χ4v) is 1.20. The molecule has 10 heavy (non-hydrogen) atoms. The van der Waals surface area contributed by atoms with Crippen molar-refractivity contribution < 1.29 is 0 Å². The first-order chi connectivity index (χ1) is 4.74. The second-order valence-corrected chi connectivity index (χ2v) is 2.73. The SMILES string of the molecule is Cc1cc(CS)c(C)cn1. The molecule has 1 aromatic heterocycles. The number of hydrogen-bond donors (Lipinski definition) is 1. The van der Waals surface area contributed by atoms with Gasteiger partial charge in [0, 0.05) is 17.6 Å². The fourth-order valence-electron chi connectivity index (χ4n) is 0.855. The molecule has 0 aliphatic rings. The molecule has 0 unspecified atom stereocenters. The number of thiol groups is 1. The number of aromatic nitrogens is 1. The highest BCUT2D eigenvalue weighted by atomic mass is 32.1. The zero-order valence-electron chi connectivity index (χ0n) is 6.26. The van der Waals surface area contributed by atoms with Crippen molar-refractivity contribution in [2.75, 3.05) is 0 Å². The predicted molar refractivity (Wildman–Crippen MR) is 46.4 cm³/mol. The van der Waals surface area contributed by atoms with E-state index in [1.54, 1.807) is 0 Å². The highest BCUT2D eigenvalue weighted by molar-refractivity contribution is 7.79. The van der Waals surface area contributed by atoms with Gasteiger partial charge in [0.2, 0.25) is 0 Å². The second kappa shape index (κ2) is 3.06. The summed E-state index contributed by atoms with van der Waals surface area (Å²) in [7, 11) is 0. The van der Waals surface area contributed by atoms with Crippen LogP contribution in [0.1, 0.15) is 16.8 Å². The van der Waals surface area contributed by atoms with Gasteiger partial charge in [0.1, 0.15) is 0 Å². The molecule has 1 nitrogen and oxygen atoms in total. The molecule has 1 aromatic rings. The van der Waals surface area contributed by atoms with Gasteiger partial charge in [-0.3, -0.25) is 4.98 Å². The lowest BCUT2D eigenvalue weighted by Gasteiger charge is -2.01. The molecule has 1 heterocycles. The summed E-state index contributed by atoms with van der Waals surface area (Å²) in [5.74, 6) is 0.801. The number of hydrogen-bond acceptors (Lipinski definition) is 2. The molecule has 0 fully saturated rings. The molecule has 0 spiro atoms. The van der Waals surface area contributed by atoms with Crippen LogP contribution in [-0.4, -0.2) is 4.98 Å². The standard InChI is InChI=1S/C8H11NS/c1-6-4-9-7(2)3-8(6)5-10/h3-4,10H,5H2,1-2H3. The first kappa shape index (κ1) is 7.61. The van der Waals surface area contributed by atoms with E-state index in [2.05, 4.69) is 30.6 Å². The lowest BCUT2D eigenvalue weighted by atomic mass is 10.1. The smallest absolute Gasteiger partial charge is 0.0375 e. The highest BCUT2D eigenvalue weighted by Gasteiger charge is 1.95.